The predicted molar refractivity (Wildman–Crippen MR) is 127 cm³/mol. The van der Waals surface area contributed by atoms with Gasteiger partial charge < -0.3 is 10.5 Å². The molecule has 0 spiro atoms. The molecule has 6 nitrogen and oxygen atoms in total. The molecule has 0 unspecified atom stereocenters. The average Bonchev–Trinajstić information content (AvgIpc) is 3.09. The second-order valence-corrected chi connectivity index (χ2v) is 11.0. The summed E-state index contributed by atoms with van der Waals surface area (Å²) in [7, 11) is 1.60. The molecule has 1 amide bonds. The van der Waals surface area contributed by atoms with Gasteiger partial charge in [-0.05, 0) is 60.4 Å². The van der Waals surface area contributed by atoms with Crippen molar-refractivity contribution in [1.82, 2.24) is 9.55 Å². The van der Waals surface area contributed by atoms with Crippen molar-refractivity contribution in [3.8, 4) is 11.4 Å². The number of methoxy groups -OCH3 is 1. The Morgan fingerprint density at radius 2 is 2.03 bits per heavy atom. The number of fused-ring (bicyclic) bond motifs is 3. The molecule has 0 aliphatic heterocycles. The highest BCUT2D eigenvalue weighted by molar-refractivity contribution is 7.99. The third-order valence-corrected chi connectivity index (χ3v) is 8.06. The highest BCUT2D eigenvalue weighted by Crippen LogP contribution is 2.42. The minimum atomic E-state index is -0.445. The smallest absolute Gasteiger partial charge is 0.267 e. The first kappa shape index (κ1) is 21.9. The second-order valence-electron chi connectivity index (χ2n) is 8.98. The van der Waals surface area contributed by atoms with E-state index in [9.17, 15) is 9.59 Å². The Balaban J connectivity index is 1.88. The topological polar surface area (TPSA) is 87.2 Å². The average molecular weight is 458 g/mol. The molecule has 1 aliphatic rings. The number of carbonyl (C=O) groups excluding carboxylic acids is 1. The summed E-state index contributed by atoms with van der Waals surface area (Å²) in [6, 6.07) is 7.28. The van der Waals surface area contributed by atoms with E-state index in [-0.39, 0.29) is 16.7 Å². The minimum Gasteiger partial charge on any atom is -0.497 e. The maximum absolute atomic E-state index is 13.7. The number of aryl methyl sites for hydroxylation is 1. The van der Waals surface area contributed by atoms with Crippen LogP contribution in [0.25, 0.3) is 15.9 Å². The van der Waals surface area contributed by atoms with Gasteiger partial charge in [-0.2, -0.15) is 0 Å². The number of hydrogen-bond donors (Lipinski definition) is 1. The third-order valence-electron chi connectivity index (χ3n) is 5.95. The van der Waals surface area contributed by atoms with E-state index in [0.29, 0.717) is 27.9 Å². The summed E-state index contributed by atoms with van der Waals surface area (Å²) in [6.45, 7) is 6.84. The number of ether oxygens (including phenoxy) is 1. The van der Waals surface area contributed by atoms with Crippen LogP contribution >= 0.6 is 23.1 Å². The molecule has 0 bridgehead atoms. The number of aromatic nitrogens is 2. The van der Waals surface area contributed by atoms with E-state index in [0.717, 1.165) is 29.7 Å². The van der Waals surface area contributed by atoms with E-state index >= 15 is 0 Å². The molecule has 3 aromatic rings. The molecule has 0 saturated heterocycles. The van der Waals surface area contributed by atoms with Crippen molar-refractivity contribution in [2.45, 2.75) is 45.2 Å². The van der Waals surface area contributed by atoms with Gasteiger partial charge in [0.2, 0.25) is 5.91 Å². The number of amides is 1. The van der Waals surface area contributed by atoms with Crippen molar-refractivity contribution in [3.63, 3.8) is 0 Å². The number of rotatable bonds is 5. The van der Waals surface area contributed by atoms with E-state index in [1.54, 1.807) is 23.0 Å². The van der Waals surface area contributed by atoms with E-state index in [4.69, 9.17) is 15.5 Å². The Morgan fingerprint density at radius 1 is 1.32 bits per heavy atom. The lowest BCUT2D eigenvalue weighted by Crippen LogP contribution is -2.27. The zero-order valence-corrected chi connectivity index (χ0v) is 19.9. The molecule has 164 valence electrons. The van der Waals surface area contributed by atoms with Crippen LogP contribution in [0.15, 0.2) is 34.2 Å². The van der Waals surface area contributed by atoms with Crippen molar-refractivity contribution in [1.29, 1.82) is 0 Å². The van der Waals surface area contributed by atoms with Crippen molar-refractivity contribution in [2.24, 2.45) is 17.1 Å². The Labute approximate surface area is 189 Å². The summed E-state index contributed by atoms with van der Waals surface area (Å²) < 4.78 is 6.84. The van der Waals surface area contributed by atoms with Gasteiger partial charge >= 0.3 is 0 Å². The third kappa shape index (κ3) is 4.23. The summed E-state index contributed by atoms with van der Waals surface area (Å²) in [5.41, 5.74) is 7.34. The van der Waals surface area contributed by atoms with Crippen LogP contribution in [-0.2, 0) is 17.6 Å². The lowest BCUT2D eigenvalue weighted by molar-refractivity contribution is -0.115. The molecule has 0 radical (unpaired) electrons. The quantitative estimate of drug-likeness (QED) is 0.459. The van der Waals surface area contributed by atoms with Crippen LogP contribution in [0.3, 0.4) is 0 Å². The lowest BCUT2D eigenvalue weighted by Gasteiger charge is -2.33. The predicted octanol–water partition coefficient (Wildman–Crippen LogP) is 4.18. The first-order chi connectivity index (χ1) is 14.7. The molecule has 4 rings (SSSR count). The molecule has 2 aromatic heterocycles. The molecular weight excluding hydrogens is 430 g/mol. The first-order valence-corrected chi connectivity index (χ1v) is 12.1. The van der Waals surface area contributed by atoms with Gasteiger partial charge in [0, 0.05) is 4.88 Å². The molecule has 2 heterocycles. The largest absolute Gasteiger partial charge is 0.497 e. The molecule has 0 saturated carbocycles. The Bertz CT molecular complexity index is 1190. The molecule has 31 heavy (non-hydrogen) atoms. The van der Waals surface area contributed by atoms with Gasteiger partial charge in [0.1, 0.15) is 10.6 Å². The van der Waals surface area contributed by atoms with E-state index in [1.165, 1.54) is 16.6 Å². The number of primary amides is 1. The highest BCUT2D eigenvalue weighted by Gasteiger charge is 2.32. The fraction of sp³-hybridized carbons (Fsp3) is 0.435. The summed E-state index contributed by atoms with van der Waals surface area (Å²) in [5, 5.41) is 1.19. The fourth-order valence-corrected chi connectivity index (χ4v) is 6.23. The van der Waals surface area contributed by atoms with Crippen LogP contribution in [-0.4, -0.2) is 28.3 Å². The van der Waals surface area contributed by atoms with Crippen molar-refractivity contribution >= 4 is 39.2 Å². The monoisotopic (exact) mass is 457 g/mol. The van der Waals surface area contributed by atoms with Gasteiger partial charge in [-0.25, -0.2) is 4.98 Å². The second kappa shape index (κ2) is 8.31. The molecule has 0 fully saturated rings. The highest BCUT2D eigenvalue weighted by atomic mass is 32.2. The molecule has 8 heteroatoms. The molecule has 1 aromatic carbocycles. The zero-order chi connectivity index (χ0) is 22.3. The minimum absolute atomic E-state index is 0.0608. The molecule has 2 N–H and O–H groups in total. The summed E-state index contributed by atoms with van der Waals surface area (Å²) in [6.07, 6.45) is 2.94. The molecular formula is C23H27N3O3S2. The summed E-state index contributed by atoms with van der Waals surface area (Å²) >= 11 is 2.81. The zero-order valence-electron chi connectivity index (χ0n) is 18.2. The van der Waals surface area contributed by atoms with Gasteiger partial charge in [-0.1, -0.05) is 32.5 Å². The van der Waals surface area contributed by atoms with Gasteiger partial charge in [0.05, 0.1) is 23.9 Å². The maximum atomic E-state index is 13.7. The van der Waals surface area contributed by atoms with Gasteiger partial charge in [-0.3, -0.25) is 14.2 Å². The molecule has 1 atom stereocenters. The Kier molecular flexibility index (Phi) is 5.87. The van der Waals surface area contributed by atoms with Crippen LogP contribution in [0.4, 0.5) is 0 Å². The Morgan fingerprint density at radius 3 is 2.65 bits per heavy atom. The Hall–Kier alpha value is -2.32. The van der Waals surface area contributed by atoms with E-state index < -0.39 is 5.91 Å². The van der Waals surface area contributed by atoms with Crippen molar-refractivity contribution in [2.75, 3.05) is 12.9 Å². The number of nitrogens with two attached hydrogens (primary N) is 1. The van der Waals surface area contributed by atoms with E-state index in [1.807, 2.05) is 24.3 Å². The van der Waals surface area contributed by atoms with Gasteiger partial charge in [0.15, 0.2) is 5.16 Å². The number of nitrogens with zero attached hydrogens (tertiary/aromatic N) is 2. The van der Waals surface area contributed by atoms with E-state index in [2.05, 4.69) is 20.8 Å². The number of benzene rings is 1. The summed E-state index contributed by atoms with van der Waals surface area (Å²) in [5.74, 6) is 0.906. The first-order valence-electron chi connectivity index (χ1n) is 10.3. The lowest BCUT2D eigenvalue weighted by atomic mass is 9.72. The van der Waals surface area contributed by atoms with Crippen molar-refractivity contribution < 1.29 is 9.53 Å². The van der Waals surface area contributed by atoms with Gasteiger partial charge in [-0.15, -0.1) is 11.3 Å². The fourth-order valence-electron chi connectivity index (χ4n) is 4.14. The number of carbonyl (C=O) groups is 1. The van der Waals surface area contributed by atoms with Crippen LogP contribution in [0.1, 0.15) is 37.6 Å². The van der Waals surface area contributed by atoms with Crippen LogP contribution < -0.4 is 16.0 Å². The van der Waals surface area contributed by atoms with Crippen LogP contribution in [0.2, 0.25) is 0 Å². The maximum Gasteiger partial charge on any atom is 0.267 e. The number of thiophene rings is 1. The number of hydrogen-bond acceptors (Lipinski definition) is 6. The standard InChI is InChI=1S/C23H27N3O3S2/c1-23(2,3)13-5-10-16-17(11-13)31-20-19(16)21(28)26(22(25-20)30-12-18(24)27)14-6-8-15(29-4)9-7-14/h6-9,13H,5,10-12H2,1-4H3,(H2,24,27)/t13-/m0/s1. The normalized spacial score (nSPS) is 16.3. The number of thioether (sulfide) groups is 1. The van der Waals surface area contributed by atoms with Crippen LogP contribution in [0.5, 0.6) is 5.75 Å². The van der Waals surface area contributed by atoms with Crippen LogP contribution in [0, 0.1) is 11.3 Å². The molecule has 1 aliphatic carbocycles. The van der Waals surface area contributed by atoms with Gasteiger partial charge in [0.25, 0.3) is 5.56 Å². The van der Waals surface area contributed by atoms with Crippen molar-refractivity contribution in [3.05, 3.63) is 45.1 Å². The SMILES string of the molecule is COc1ccc(-n2c(SCC(N)=O)nc3sc4c(c3c2=O)CC[C@H](C(C)(C)C)C4)cc1. The summed E-state index contributed by atoms with van der Waals surface area (Å²) in [4.78, 5) is 32.0.